The minimum Gasteiger partial charge on any atom is -0.395 e. The van der Waals surface area contributed by atoms with Crippen LogP contribution in [0.5, 0.6) is 0 Å². The normalized spacial score (nSPS) is 10.6. The van der Waals surface area contributed by atoms with Crippen LogP contribution in [0.4, 0.5) is 0 Å². The number of hydrogen-bond acceptors (Lipinski definition) is 3. The average Bonchev–Trinajstić information content (AvgIpc) is 2.79. The van der Waals surface area contributed by atoms with Crippen LogP contribution in [0.15, 0.2) is 42.6 Å². The number of aromatic nitrogens is 2. The Balaban J connectivity index is 1.90. The molecule has 4 heteroatoms. The van der Waals surface area contributed by atoms with E-state index in [0.717, 1.165) is 12.2 Å². The van der Waals surface area contributed by atoms with E-state index in [2.05, 4.69) is 22.5 Å². The Morgan fingerprint density at radius 2 is 2.00 bits per heavy atom. The first-order valence-corrected chi connectivity index (χ1v) is 5.76. The molecule has 0 aliphatic carbocycles. The van der Waals surface area contributed by atoms with Gasteiger partial charge in [0, 0.05) is 19.3 Å². The third-order valence-electron chi connectivity index (χ3n) is 2.48. The molecule has 0 saturated heterocycles. The molecule has 1 aromatic carbocycles. The maximum atomic E-state index is 8.66. The molecule has 0 saturated carbocycles. The maximum Gasteiger partial charge on any atom is 0.0762 e. The molecule has 0 fully saturated rings. The highest BCUT2D eigenvalue weighted by Crippen LogP contribution is 2.02. The van der Waals surface area contributed by atoms with E-state index in [-0.39, 0.29) is 6.61 Å². The number of aliphatic hydroxyl groups is 1. The standard InChI is InChI=1S/C13H17N3O/c17-9-7-14-10-13-6-8-16(15-13)11-12-4-2-1-3-5-12/h1-6,8,14,17H,7,9-11H2. The lowest BCUT2D eigenvalue weighted by Gasteiger charge is -2.01. The lowest BCUT2D eigenvalue weighted by Crippen LogP contribution is -2.18. The van der Waals surface area contributed by atoms with E-state index >= 15 is 0 Å². The first-order chi connectivity index (χ1) is 8.38. The van der Waals surface area contributed by atoms with E-state index in [1.165, 1.54) is 5.56 Å². The van der Waals surface area contributed by atoms with Crippen molar-refractivity contribution in [3.63, 3.8) is 0 Å². The SMILES string of the molecule is OCCNCc1ccn(Cc2ccccc2)n1. The molecule has 0 aliphatic rings. The quantitative estimate of drug-likeness (QED) is 0.730. The van der Waals surface area contributed by atoms with Crippen LogP contribution < -0.4 is 5.32 Å². The average molecular weight is 231 g/mol. The number of nitrogens with one attached hydrogen (secondary N) is 1. The molecule has 0 unspecified atom stereocenters. The summed E-state index contributed by atoms with van der Waals surface area (Å²) in [6.45, 7) is 2.25. The number of hydrogen-bond donors (Lipinski definition) is 2. The van der Waals surface area contributed by atoms with Gasteiger partial charge in [0.25, 0.3) is 0 Å². The summed E-state index contributed by atoms with van der Waals surface area (Å²) in [5, 5.41) is 16.2. The van der Waals surface area contributed by atoms with Gasteiger partial charge in [-0.25, -0.2) is 0 Å². The Bertz CT molecular complexity index is 439. The first-order valence-electron chi connectivity index (χ1n) is 5.76. The number of nitrogens with zero attached hydrogens (tertiary/aromatic N) is 2. The Labute approximate surface area is 101 Å². The molecule has 90 valence electrons. The fourth-order valence-corrected chi connectivity index (χ4v) is 1.65. The van der Waals surface area contributed by atoms with Gasteiger partial charge in [0.1, 0.15) is 0 Å². The summed E-state index contributed by atoms with van der Waals surface area (Å²) in [5.41, 5.74) is 2.24. The van der Waals surface area contributed by atoms with Gasteiger partial charge in [0.2, 0.25) is 0 Å². The van der Waals surface area contributed by atoms with Gasteiger partial charge in [-0.3, -0.25) is 4.68 Å². The van der Waals surface area contributed by atoms with Gasteiger partial charge in [-0.15, -0.1) is 0 Å². The molecule has 0 atom stereocenters. The molecule has 4 nitrogen and oxygen atoms in total. The van der Waals surface area contributed by atoms with Gasteiger partial charge >= 0.3 is 0 Å². The zero-order valence-electron chi connectivity index (χ0n) is 9.71. The van der Waals surface area contributed by atoms with Crippen molar-refractivity contribution in [2.24, 2.45) is 0 Å². The van der Waals surface area contributed by atoms with E-state index < -0.39 is 0 Å². The fraction of sp³-hybridized carbons (Fsp3) is 0.308. The van der Waals surface area contributed by atoms with Gasteiger partial charge in [0.05, 0.1) is 18.8 Å². The molecule has 0 aliphatic heterocycles. The molecular weight excluding hydrogens is 214 g/mol. The highest BCUT2D eigenvalue weighted by atomic mass is 16.3. The molecule has 0 bridgehead atoms. The lowest BCUT2D eigenvalue weighted by molar-refractivity contribution is 0.291. The second kappa shape index (κ2) is 6.18. The molecule has 17 heavy (non-hydrogen) atoms. The van der Waals surface area contributed by atoms with Crippen molar-refractivity contribution in [1.82, 2.24) is 15.1 Å². The van der Waals surface area contributed by atoms with Crippen LogP contribution in [-0.2, 0) is 13.1 Å². The highest BCUT2D eigenvalue weighted by Gasteiger charge is 1.99. The second-order valence-corrected chi connectivity index (χ2v) is 3.89. The summed E-state index contributed by atoms with van der Waals surface area (Å²) in [4.78, 5) is 0. The fourth-order valence-electron chi connectivity index (χ4n) is 1.65. The van der Waals surface area contributed by atoms with Crippen LogP contribution >= 0.6 is 0 Å². The summed E-state index contributed by atoms with van der Waals surface area (Å²) in [7, 11) is 0. The third-order valence-corrected chi connectivity index (χ3v) is 2.48. The summed E-state index contributed by atoms with van der Waals surface area (Å²) >= 11 is 0. The smallest absolute Gasteiger partial charge is 0.0762 e. The maximum absolute atomic E-state index is 8.66. The van der Waals surface area contributed by atoms with Gasteiger partial charge < -0.3 is 10.4 Å². The monoisotopic (exact) mass is 231 g/mol. The van der Waals surface area contributed by atoms with Crippen LogP contribution in [0.1, 0.15) is 11.3 Å². The molecular formula is C13H17N3O. The molecule has 0 amide bonds. The molecule has 2 N–H and O–H groups in total. The first kappa shape index (κ1) is 11.8. The molecule has 0 radical (unpaired) electrons. The Morgan fingerprint density at radius 1 is 1.18 bits per heavy atom. The van der Waals surface area contributed by atoms with E-state index in [1.54, 1.807) is 0 Å². The summed E-state index contributed by atoms with van der Waals surface area (Å²) in [6.07, 6.45) is 1.98. The topological polar surface area (TPSA) is 50.1 Å². The minimum atomic E-state index is 0.157. The van der Waals surface area contributed by atoms with E-state index in [0.29, 0.717) is 13.1 Å². The van der Waals surface area contributed by atoms with Gasteiger partial charge in [0.15, 0.2) is 0 Å². The van der Waals surface area contributed by atoms with E-state index in [9.17, 15) is 0 Å². The predicted octanol–water partition coefficient (Wildman–Crippen LogP) is 1.01. The Hall–Kier alpha value is -1.65. The number of rotatable bonds is 6. The van der Waals surface area contributed by atoms with Crippen LogP contribution in [0.25, 0.3) is 0 Å². The van der Waals surface area contributed by atoms with Gasteiger partial charge in [-0.2, -0.15) is 5.10 Å². The Morgan fingerprint density at radius 3 is 2.76 bits per heavy atom. The Kier molecular flexibility index (Phi) is 4.30. The van der Waals surface area contributed by atoms with Gasteiger partial charge in [-0.1, -0.05) is 30.3 Å². The van der Waals surface area contributed by atoms with Crippen molar-refractivity contribution < 1.29 is 5.11 Å². The van der Waals surface area contributed by atoms with E-state index in [1.807, 2.05) is 35.1 Å². The number of benzene rings is 1. The van der Waals surface area contributed by atoms with Crippen molar-refractivity contribution in [3.05, 3.63) is 53.9 Å². The van der Waals surface area contributed by atoms with Crippen LogP contribution in [-0.4, -0.2) is 28.0 Å². The summed E-state index contributed by atoms with van der Waals surface area (Å²) in [6, 6.07) is 12.2. The molecule has 1 heterocycles. The van der Waals surface area contributed by atoms with Crippen molar-refractivity contribution in [1.29, 1.82) is 0 Å². The zero-order valence-corrected chi connectivity index (χ0v) is 9.71. The van der Waals surface area contributed by atoms with Crippen LogP contribution in [0.2, 0.25) is 0 Å². The second-order valence-electron chi connectivity index (χ2n) is 3.89. The number of aliphatic hydroxyl groups excluding tert-OH is 1. The summed E-state index contributed by atoms with van der Waals surface area (Å²) in [5.74, 6) is 0. The summed E-state index contributed by atoms with van der Waals surface area (Å²) < 4.78 is 1.92. The van der Waals surface area contributed by atoms with Crippen molar-refractivity contribution >= 4 is 0 Å². The van der Waals surface area contributed by atoms with Crippen molar-refractivity contribution in [2.45, 2.75) is 13.1 Å². The third kappa shape index (κ3) is 3.69. The van der Waals surface area contributed by atoms with Crippen molar-refractivity contribution in [2.75, 3.05) is 13.2 Å². The largest absolute Gasteiger partial charge is 0.395 e. The zero-order chi connectivity index (χ0) is 11.9. The van der Waals surface area contributed by atoms with Crippen LogP contribution in [0, 0.1) is 0 Å². The highest BCUT2D eigenvalue weighted by molar-refractivity contribution is 5.15. The van der Waals surface area contributed by atoms with Crippen molar-refractivity contribution in [3.8, 4) is 0 Å². The van der Waals surface area contributed by atoms with Crippen LogP contribution in [0.3, 0.4) is 0 Å². The minimum absolute atomic E-state index is 0.157. The molecule has 2 rings (SSSR count). The predicted molar refractivity (Wildman–Crippen MR) is 66.6 cm³/mol. The molecule has 2 aromatic rings. The van der Waals surface area contributed by atoms with E-state index in [4.69, 9.17) is 5.11 Å². The lowest BCUT2D eigenvalue weighted by atomic mass is 10.2. The molecule has 0 spiro atoms. The molecule has 1 aromatic heterocycles. The van der Waals surface area contributed by atoms with Gasteiger partial charge in [-0.05, 0) is 11.6 Å².